The van der Waals surface area contributed by atoms with Crippen molar-refractivity contribution in [2.24, 2.45) is 0 Å². The smallest absolute Gasteiger partial charge is 0.291 e. The van der Waals surface area contributed by atoms with Crippen LogP contribution in [0.25, 0.3) is 0 Å². The molecule has 1 heterocycles. The minimum absolute atomic E-state index is 0.174. The fourth-order valence-corrected chi connectivity index (χ4v) is 2.58. The van der Waals surface area contributed by atoms with E-state index in [1.807, 2.05) is 19.1 Å². The van der Waals surface area contributed by atoms with Crippen molar-refractivity contribution in [3.05, 3.63) is 81.7 Å². The average molecular weight is 376 g/mol. The van der Waals surface area contributed by atoms with Gasteiger partial charge in [-0.05, 0) is 48.9 Å². The third-order valence-electron chi connectivity index (χ3n) is 3.61. The monoisotopic (exact) mass is 375 g/mol. The first-order chi connectivity index (χ1) is 12.0. The lowest BCUT2D eigenvalue weighted by molar-refractivity contribution is 0.0992. The van der Waals surface area contributed by atoms with Crippen LogP contribution in [0.2, 0.25) is 10.0 Å². The van der Waals surface area contributed by atoms with Crippen LogP contribution in [0.3, 0.4) is 0 Å². The maximum atomic E-state index is 12.3. The Hall–Kier alpha value is -2.43. The number of anilines is 1. The second kappa shape index (κ2) is 7.64. The summed E-state index contributed by atoms with van der Waals surface area (Å²) in [5.74, 6) is 0.917. The zero-order valence-corrected chi connectivity index (χ0v) is 14.9. The van der Waals surface area contributed by atoms with Gasteiger partial charge in [0.1, 0.15) is 18.1 Å². The Morgan fingerprint density at radius 2 is 1.80 bits per heavy atom. The van der Waals surface area contributed by atoms with E-state index in [1.165, 1.54) is 0 Å². The number of nitrogens with one attached hydrogen (secondary N) is 1. The van der Waals surface area contributed by atoms with Crippen LogP contribution in [-0.2, 0) is 6.61 Å². The molecule has 0 saturated carbocycles. The van der Waals surface area contributed by atoms with Crippen molar-refractivity contribution >= 4 is 34.8 Å². The van der Waals surface area contributed by atoms with Gasteiger partial charge in [0.15, 0.2) is 5.76 Å². The number of hydrogen-bond acceptors (Lipinski definition) is 3. The number of benzene rings is 2. The highest BCUT2D eigenvalue weighted by molar-refractivity contribution is 6.32. The Labute approximate surface area is 155 Å². The molecular formula is C19H15Cl2NO3. The molecule has 0 aliphatic rings. The predicted octanol–water partition coefficient (Wildman–Crippen LogP) is 5.73. The third kappa shape index (κ3) is 4.16. The molecule has 0 radical (unpaired) electrons. The van der Waals surface area contributed by atoms with Crippen LogP contribution in [0.1, 0.15) is 21.9 Å². The van der Waals surface area contributed by atoms with Crippen molar-refractivity contribution in [3.63, 3.8) is 0 Å². The summed E-state index contributed by atoms with van der Waals surface area (Å²) in [5.41, 5.74) is 1.44. The van der Waals surface area contributed by atoms with Gasteiger partial charge in [0.05, 0.1) is 5.02 Å². The summed E-state index contributed by atoms with van der Waals surface area (Å²) in [5, 5.41) is 3.89. The second-order valence-corrected chi connectivity index (χ2v) is 6.17. The predicted molar refractivity (Wildman–Crippen MR) is 98.6 cm³/mol. The maximum Gasteiger partial charge on any atom is 0.291 e. The summed E-state index contributed by atoms with van der Waals surface area (Å²) in [4.78, 5) is 12.3. The number of carbonyl (C=O) groups is 1. The molecule has 0 bridgehead atoms. The zero-order valence-electron chi connectivity index (χ0n) is 13.4. The van der Waals surface area contributed by atoms with E-state index in [9.17, 15) is 4.79 Å². The Kier molecular flexibility index (Phi) is 5.31. The standard InChI is InChI=1S/C19H15Cl2NO3/c1-12-14(20)6-4-7-16(12)22-19(23)18-10-9-13(25-18)11-24-17-8-3-2-5-15(17)21/h2-10H,11H2,1H3,(H,22,23). The molecule has 0 aliphatic heterocycles. The second-order valence-electron chi connectivity index (χ2n) is 5.35. The van der Waals surface area contributed by atoms with Crippen LogP contribution in [0, 0.1) is 6.92 Å². The molecule has 128 valence electrons. The highest BCUT2D eigenvalue weighted by Gasteiger charge is 2.14. The number of carbonyl (C=O) groups excluding carboxylic acids is 1. The molecule has 1 aromatic heterocycles. The van der Waals surface area contributed by atoms with Crippen LogP contribution >= 0.6 is 23.2 Å². The van der Waals surface area contributed by atoms with Crippen molar-refractivity contribution in [2.45, 2.75) is 13.5 Å². The average Bonchev–Trinajstić information content (AvgIpc) is 3.07. The molecule has 0 aliphatic carbocycles. The number of ether oxygens (including phenoxy) is 1. The number of halogens is 2. The fourth-order valence-electron chi connectivity index (χ4n) is 2.21. The molecule has 0 unspecified atom stereocenters. The number of hydrogen-bond donors (Lipinski definition) is 1. The van der Waals surface area contributed by atoms with Gasteiger partial charge in [0.2, 0.25) is 0 Å². The van der Waals surface area contributed by atoms with Gasteiger partial charge in [-0.3, -0.25) is 4.79 Å². The molecule has 6 heteroatoms. The van der Waals surface area contributed by atoms with Crippen molar-refractivity contribution in [1.82, 2.24) is 0 Å². The summed E-state index contributed by atoms with van der Waals surface area (Å²) < 4.78 is 11.1. The van der Waals surface area contributed by atoms with Gasteiger partial charge in [0, 0.05) is 10.7 Å². The molecule has 3 aromatic rings. The Morgan fingerprint density at radius 3 is 2.60 bits per heavy atom. The van der Waals surface area contributed by atoms with Gasteiger partial charge < -0.3 is 14.5 Å². The normalized spacial score (nSPS) is 10.5. The first-order valence-corrected chi connectivity index (χ1v) is 8.32. The summed E-state index contributed by atoms with van der Waals surface area (Å²) >= 11 is 12.1. The Bertz CT molecular complexity index is 905. The molecule has 0 saturated heterocycles. The first-order valence-electron chi connectivity index (χ1n) is 7.57. The highest BCUT2D eigenvalue weighted by atomic mass is 35.5. The van der Waals surface area contributed by atoms with Crippen LogP contribution < -0.4 is 10.1 Å². The van der Waals surface area contributed by atoms with E-state index in [4.69, 9.17) is 32.4 Å². The molecule has 0 fully saturated rings. The molecule has 3 rings (SSSR count). The third-order valence-corrected chi connectivity index (χ3v) is 4.33. The quantitative estimate of drug-likeness (QED) is 0.619. The van der Waals surface area contributed by atoms with Gasteiger partial charge in [-0.1, -0.05) is 41.4 Å². The summed E-state index contributed by atoms with van der Waals surface area (Å²) in [6.07, 6.45) is 0. The van der Waals surface area contributed by atoms with Crippen LogP contribution in [0.15, 0.2) is 59.0 Å². The van der Waals surface area contributed by atoms with E-state index in [1.54, 1.807) is 42.5 Å². The zero-order chi connectivity index (χ0) is 17.8. The highest BCUT2D eigenvalue weighted by Crippen LogP contribution is 2.25. The topological polar surface area (TPSA) is 51.5 Å². The lowest BCUT2D eigenvalue weighted by Gasteiger charge is -2.08. The van der Waals surface area contributed by atoms with Crippen LogP contribution in [0.4, 0.5) is 5.69 Å². The van der Waals surface area contributed by atoms with E-state index in [-0.39, 0.29) is 18.3 Å². The summed E-state index contributed by atoms with van der Waals surface area (Å²) in [6, 6.07) is 15.8. The summed E-state index contributed by atoms with van der Waals surface area (Å²) in [7, 11) is 0. The van der Waals surface area contributed by atoms with Gasteiger partial charge in [-0.15, -0.1) is 0 Å². The van der Waals surface area contributed by atoms with Gasteiger partial charge in [-0.2, -0.15) is 0 Å². The first kappa shape index (κ1) is 17.4. The van der Waals surface area contributed by atoms with E-state index in [0.717, 1.165) is 5.56 Å². The molecule has 0 spiro atoms. The van der Waals surface area contributed by atoms with E-state index in [2.05, 4.69) is 5.32 Å². The molecule has 1 N–H and O–H groups in total. The maximum absolute atomic E-state index is 12.3. The number of furan rings is 1. The van der Waals surface area contributed by atoms with Crippen molar-refractivity contribution in [2.75, 3.05) is 5.32 Å². The fraction of sp³-hybridized carbons (Fsp3) is 0.105. The largest absolute Gasteiger partial charge is 0.484 e. The minimum atomic E-state index is -0.352. The number of para-hydroxylation sites is 1. The Morgan fingerprint density at radius 1 is 1.04 bits per heavy atom. The van der Waals surface area contributed by atoms with Crippen LogP contribution in [-0.4, -0.2) is 5.91 Å². The van der Waals surface area contributed by atoms with E-state index >= 15 is 0 Å². The van der Waals surface area contributed by atoms with E-state index in [0.29, 0.717) is 27.2 Å². The summed E-state index contributed by atoms with van der Waals surface area (Å²) in [6.45, 7) is 2.01. The molecule has 2 aromatic carbocycles. The van der Waals surface area contributed by atoms with Crippen molar-refractivity contribution in [3.8, 4) is 5.75 Å². The SMILES string of the molecule is Cc1c(Cl)cccc1NC(=O)c1ccc(COc2ccccc2Cl)o1. The Balaban J connectivity index is 1.65. The van der Waals surface area contributed by atoms with Gasteiger partial charge in [-0.25, -0.2) is 0 Å². The number of rotatable bonds is 5. The lowest BCUT2D eigenvalue weighted by atomic mass is 10.2. The molecule has 0 atom stereocenters. The molecule has 1 amide bonds. The lowest BCUT2D eigenvalue weighted by Crippen LogP contribution is -2.12. The van der Waals surface area contributed by atoms with Crippen molar-refractivity contribution in [1.29, 1.82) is 0 Å². The van der Waals surface area contributed by atoms with Gasteiger partial charge >= 0.3 is 0 Å². The minimum Gasteiger partial charge on any atom is -0.484 e. The van der Waals surface area contributed by atoms with Crippen molar-refractivity contribution < 1.29 is 13.9 Å². The van der Waals surface area contributed by atoms with Gasteiger partial charge in [0.25, 0.3) is 5.91 Å². The number of amides is 1. The molecule has 25 heavy (non-hydrogen) atoms. The molecular weight excluding hydrogens is 361 g/mol. The van der Waals surface area contributed by atoms with E-state index < -0.39 is 0 Å². The molecule has 4 nitrogen and oxygen atoms in total. The van der Waals surface area contributed by atoms with Crippen LogP contribution in [0.5, 0.6) is 5.75 Å².